The van der Waals surface area contributed by atoms with Crippen molar-refractivity contribution in [2.24, 2.45) is 11.1 Å². The van der Waals surface area contributed by atoms with Crippen molar-refractivity contribution in [3.8, 4) is 11.5 Å². The van der Waals surface area contributed by atoms with Gasteiger partial charge >= 0.3 is 0 Å². The van der Waals surface area contributed by atoms with E-state index in [1.807, 2.05) is 26.0 Å². The van der Waals surface area contributed by atoms with Crippen LogP contribution in [0.2, 0.25) is 0 Å². The van der Waals surface area contributed by atoms with E-state index in [1.165, 1.54) is 6.42 Å². The number of fused-ring (bicyclic) bond motifs is 1. The molecule has 6 heteroatoms. The highest BCUT2D eigenvalue weighted by Crippen LogP contribution is 2.50. The number of nitrogens with two attached hydrogens (primary N) is 1. The van der Waals surface area contributed by atoms with Crippen molar-refractivity contribution >= 4 is 16.8 Å². The number of amides is 1. The monoisotopic (exact) mass is 369 g/mol. The molecule has 2 aromatic rings. The van der Waals surface area contributed by atoms with Gasteiger partial charge in [0.25, 0.3) is 5.91 Å². The van der Waals surface area contributed by atoms with Crippen LogP contribution in [-0.2, 0) is 0 Å². The molecule has 2 aliphatic rings. The lowest BCUT2D eigenvalue weighted by atomic mass is 9.61. The van der Waals surface area contributed by atoms with Gasteiger partial charge < -0.3 is 20.5 Å². The van der Waals surface area contributed by atoms with Gasteiger partial charge in [-0.25, -0.2) is 0 Å². The first kappa shape index (κ1) is 18.0. The van der Waals surface area contributed by atoms with Gasteiger partial charge in [0.05, 0.1) is 17.2 Å². The Morgan fingerprint density at radius 3 is 2.67 bits per heavy atom. The lowest BCUT2D eigenvalue weighted by Crippen LogP contribution is -2.53. The molecule has 1 aromatic carbocycles. The van der Waals surface area contributed by atoms with Crippen LogP contribution >= 0.6 is 0 Å². The molecule has 1 aliphatic heterocycles. The van der Waals surface area contributed by atoms with Gasteiger partial charge in [-0.2, -0.15) is 0 Å². The minimum absolute atomic E-state index is 0.0637. The van der Waals surface area contributed by atoms with Crippen LogP contribution < -0.4 is 20.5 Å². The summed E-state index contributed by atoms with van der Waals surface area (Å²) in [5.41, 5.74) is 6.87. The van der Waals surface area contributed by atoms with E-state index >= 15 is 0 Å². The summed E-state index contributed by atoms with van der Waals surface area (Å²) in [6.45, 7) is 5.96. The molecule has 4 rings (SSSR count). The lowest BCUT2D eigenvalue weighted by molar-refractivity contribution is -0.0651. The first-order valence-corrected chi connectivity index (χ1v) is 9.75. The standard InChI is InChI=1S/C21H27N3O3/c1-13(2)26-18-12-14-16(11-15(18)20(22)25)24-8-4-17(14)27-19-3-5-21(19)6-9-23-10-7-21/h4,8,11-13,19,23H,3,5-7,9-10H2,1-2H3,(H2,22,25). The van der Waals surface area contributed by atoms with Crippen molar-refractivity contribution in [2.75, 3.05) is 13.1 Å². The SMILES string of the molecule is CC(C)Oc1cc2c(OC3CCC34CCNCC4)ccnc2cc1C(N)=O. The number of nitrogens with one attached hydrogen (secondary N) is 1. The Bertz CT molecular complexity index is 859. The zero-order valence-corrected chi connectivity index (χ0v) is 16.0. The molecular formula is C21H27N3O3. The Balaban J connectivity index is 1.69. The molecule has 1 unspecified atom stereocenters. The van der Waals surface area contributed by atoms with E-state index in [0.29, 0.717) is 22.2 Å². The van der Waals surface area contributed by atoms with Crippen LogP contribution in [0.3, 0.4) is 0 Å². The average molecular weight is 369 g/mol. The number of piperidine rings is 1. The van der Waals surface area contributed by atoms with Gasteiger partial charge in [0, 0.05) is 17.0 Å². The number of primary amides is 1. The molecule has 1 atom stereocenters. The first-order valence-electron chi connectivity index (χ1n) is 9.75. The molecule has 2 fully saturated rings. The summed E-state index contributed by atoms with van der Waals surface area (Å²) in [6.07, 6.45) is 6.53. The maximum atomic E-state index is 11.8. The number of carbonyl (C=O) groups is 1. The smallest absolute Gasteiger partial charge is 0.252 e. The van der Waals surface area contributed by atoms with Crippen molar-refractivity contribution in [1.82, 2.24) is 10.3 Å². The van der Waals surface area contributed by atoms with Gasteiger partial charge in [0.15, 0.2) is 0 Å². The fraction of sp³-hybridized carbons (Fsp3) is 0.524. The third-order valence-corrected chi connectivity index (χ3v) is 5.89. The second-order valence-corrected chi connectivity index (χ2v) is 7.96. The molecule has 1 aromatic heterocycles. The number of ether oxygens (including phenoxy) is 2. The highest BCUT2D eigenvalue weighted by molar-refractivity contribution is 6.01. The van der Waals surface area contributed by atoms with Crippen LogP contribution in [0.1, 0.15) is 49.9 Å². The number of nitrogens with zero attached hydrogens (tertiary/aromatic N) is 1. The van der Waals surface area contributed by atoms with Crippen LogP contribution in [0.15, 0.2) is 24.4 Å². The molecule has 3 N–H and O–H groups in total. The molecule has 1 saturated carbocycles. The molecule has 27 heavy (non-hydrogen) atoms. The minimum atomic E-state index is -0.520. The summed E-state index contributed by atoms with van der Waals surface area (Å²) in [6, 6.07) is 5.44. The number of aromatic nitrogens is 1. The number of rotatable bonds is 5. The minimum Gasteiger partial charge on any atom is -0.490 e. The van der Waals surface area contributed by atoms with Gasteiger partial charge in [-0.15, -0.1) is 0 Å². The fourth-order valence-corrected chi connectivity index (χ4v) is 4.30. The summed E-state index contributed by atoms with van der Waals surface area (Å²) < 4.78 is 12.3. The molecule has 6 nitrogen and oxygen atoms in total. The summed E-state index contributed by atoms with van der Waals surface area (Å²) in [4.78, 5) is 16.3. The number of pyridine rings is 1. The van der Waals surface area contributed by atoms with Gasteiger partial charge in [0.2, 0.25) is 0 Å². The van der Waals surface area contributed by atoms with Crippen LogP contribution in [-0.4, -0.2) is 36.2 Å². The van der Waals surface area contributed by atoms with Gasteiger partial charge in [-0.05, 0) is 70.8 Å². The predicted octanol–water partition coefficient (Wildman–Crippen LogP) is 3.03. The molecule has 0 radical (unpaired) electrons. The van der Waals surface area contributed by atoms with Crippen LogP contribution in [0.5, 0.6) is 11.5 Å². The number of carbonyl (C=O) groups excluding carboxylic acids is 1. The third kappa shape index (κ3) is 3.34. The molecule has 1 saturated heterocycles. The van der Waals surface area contributed by atoms with E-state index < -0.39 is 5.91 Å². The summed E-state index contributed by atoms with van der Waals surface area (Å²) >= 11 is 0. The van der Waals surface area contributed by atoms with E-state index in [1.54, 1.807) is 12.3 Å². The fourth-order valence-electron chi connectivity index (χ4n) is 4.30. The van der Waals surface area contributed by atoms with Crippen LogP contribution in [0.4, 0.5) is 0 Å². The number of benzene rings is 1. The Labute approximate surface area is 159 Å². The lowest BCUT2D eigenvalue weighted by Gasteiger charge is -2.51. The van der Waals surface area contributed by atoms with E-state index in [4.69, 9.17) is 15.2 Å². The Hall–Kier alpha value is -2.34. The summed E-state index contributed by atoms with van der Waals surface area (Å²) in [7, 11) is 0. The Kier molecular flexibility index (Phi) is 4.68. The maximum absolute atomic E-state index is 11.8. The Morgan fingerprint density at radius 2 is 2.04 bits per heavy atom. The van der Waals surface area contributed by atoms with Crippen molar-refractivity contribution in [2.45, 2.75) is 51.7 Å². The quantitative estimate of drug-likeness (QED) is 0.846. The molecule has 1 amide bonds. The van der Waals surface area contributed by atoms with Gasteiger partial charge in [-0.1, -0.05) is 0 Å². The van der Waals surface area contributed by atoms with E-state index in [0.717, 1.165) is 43.5 Å². The number of hydrogen-bond donors (Lipinski definition) is 2. The van der Waals surface area contributed by atoms with Crippen molar-refractivity contribution in [1.29, 1.82) is 0 Å². The van der Waals surface area contributed by atoms with Crippen LogP contribution in [0, 0.1) is 5.41 Å². The maximum Gasteiger partial charge on any atom is 0.252 e. The third-order valence-electron chi connectivity index (χ3n) is 5.89. The van der Waals surface area contributed by atoms with Gasteiger partial charge in [0.1, 0.15) is 17.6 Å². The second kappa shape index (κ2) is 7.00. The molecule has 0 bridgehead atoms. The first-order chi connectivity index (χ1) is 13.0. The zero-order valence-electron chi connectivity index (χ0n) is 16.0. The molecule has 2 heterocycles. The molecule has 1 spiro atoms. The largest absolute Gasteiger partial charge is 0.490 e. The summed E-state index contributed by atoms with van der Waals surface area (Å²) in [5.74, 6) is 0.758. The highest BCUT2D eigenvalue weighted by Gasteiger charge is 2.48. The van der Waals surface area contributed by atoms with Gasteiger partial charge in [-0.3, -0.25) is 9.78 Å². The topological polar surface area (TPSA) is 86.5 Å². The predicted molar refractivity (Wildman–Crippen MR) is 104 cm³/mol. The van der Waals surface area contributed by atoms with Crippen molar-refractivity contribution < 1.29 is 14.3 Å². The van der Waals surface area contributed by atoms with Crippen LogP contribution in [0.25, 0.3) is 10.9 Å². The van der Waals surface area contributed by atoms with E-state index in [9.17, 15) is 4.79 Å². The summed E-state index contributed by atoms with van der Waals surface area (Å²) in [5, 5.41) is 4.29. The second-order valence-electron chi connectivity index (χ2n) is 7.96. The molecule has 144 valence electrons. The number of hydrogen-bond acceptors (Lipinski definition) is 5. The van der Waals surface area contributed by atoms with E-state index in [2.05, 4.69) is 10.3 Å². The molecule has 1 aliphatic carbocycles. The zero-order chi connectivity index (χ0) is 19.0. The van der Waals surface area contributed by atoms with E-state index in [-0.39, 0.29) is 12.2 Å². The molecular weight excluding hydrogens is 342 g/mol. The van der Waals surface area contributed by atoms with Crippen molar-refractivity contribution in [3.05, 3.63) is 30.0 Å². The Morgan fingerprint density at radius 1 is 1.26 bits per heavy atom. The average Bonchev–Trinajstić information content (AvgIpc) is 2.65. The normalized spacial score (nSPS) is 21.2. The highest BCUT2D eigenvalue weighted by atomic mass is 16.5. The van der Waals surface area contributed by atoms with Crippen molar-refractivity contribution in [3.63, 3.8) is 0 Å².